The minimum atomic E-state index is 0.586. The number of nitrogen functional groups attached to an aromatic ring is 1. The summed E-state index contributed by atoms with van der Waals surface area (Å²) in [7, 11) is 0. The van der Waals surface area contributed by atoms with Crippen LogP contribution in [0.3, 0.4) is 0 Å². The van der Waals surface area contributed by atoms with Crippen LogP contribution < -0.4 is 11.1 Å². The van der Waals surface area contributed by atoms with Crippen LogP contribution in [0.15, 0.2) is 18.2 Å². The predicted molar refractivity (Wildman–Crippen MR) is 79.8 cm³/mol. The van der Waals surface area contributed by atoms with Crippen molar-refractivity contribution in [2.24, 2.45) is 11.8 Å². The van der Waals surface area contributed by atoms with Crippen molar-refractivity contribution in [1.29, 1.82) is 0 Å². The molecular formula is C16H26N2. The standard InChI is InChI=1S/C16H26N2/c1-11(2)13-6-4-5-7-15(13)18-16-10-12(3)8-9-14(16)17/h8-11,13,15,18H,4-7,17H2,1-3H3. The molecule has 0 spiro atoms. The zero-order valence-electron chi connectivity index (χ0n) is 11.9. The first-order chi connectivity index (χ1) is 8.58. The monoisotopic (exact) mass is 246 g/mol. The van der Waals surface area contributed by atoms with Crippen LogP contribution in [0, 0.1) is 18.8 Å². The first-order valence-electron chi connectivity index (χ1n) is 7.20. The van der Waals surface area contributed by atoms with Gasteiger partial charge in [-0.2, -0.15) is 0 Å². The molecule has 2 heteroatoms. The fourth-order valence-corrected chi connectivity index (χ4v) is 3.13. The number of rotatable bonds is 3. The first kappa shape index (κ1) is 13.3. The molecule has 100 valence electrons. The van der Waals surface area contributed by atoms with Gasteiger partial charge >= 0.3 is 0 Å². The van der Waals surface area contributed by atoms with Crippen LogP contribution in [0.25, 0.3) is 0 Å². The van der Waals surface area contributed by atoms with Gasteiger partial charge in [0.15, 0.2) is 0 Å². The maximum absolute atomic E-state index is 6.07. The van der Waals surface area contributed by atoms with Gasteiger partial charge in [-0.25, -0.2) is 0 Å². The van der Waals surface area contributed by atoms with Crippen LogP contribution in [0.2, 0.25) is 0 Å². The van der Waals surface area contributed by atoms with Crippen molar-refractivity contribution in [2.75, 3.05) is 11.1 Å². The normalized spacial score (nSPS) is 24.2. The second-order valence-electron chi connectivity index (χ2n) is 6.03. The summed E-state index contributed by atoms with van der Waals surface area (Å²) in [5.41, 5.74) is 9.32. The van der Waals surface area contributed by atoms with Crippen LogP contribution in [0.5, 0.6) is 0 Å². The Morgan fingerprint density at radius 1 is 1.22 bits per heavy atom. The topological polar surface area (TPSA) is 38.0 Å². The molecule has 0 saturated heterocycles. The molecule has 1 aromatic rings. The quantitative estimate of drug-likeness (QED) is 0.784. The summed E-state index contributed by atoms with van der Waals surface area (Å²) in [6.07, 6.45) is 5.34. The highest BCUT2D eigenvalue weighted by Crippen LogP contribution is 2.33. The SMILES string of the molecule is Cc1ccc(N)c(NC2CCCCC2C(C)C)c1. The van der Waals surface area contributed by atoms with Gasteiger partial charge in [0.1, 0.15) is 0 Å². The number of benzene rings is 1. The number of nitrogens with one attached hydrogen (secondary N) is 1. The Morgan fingerprint density at radius 3 is 2.67 bits per heavy atom. The van der Waals surface area contributed by atoms with E-state index in [4.69, 9.17) is 5.73 Å². The molecule has 2 nitrogen and oxygen atoms in total. The third kappa shape index (κ3) is 2.98. The van der Waals surface area contributed by atoms with Crippen molar-refractivity contribution < 1.29 is 0 Å². The third-order valence-corrected chi connectivity index (χ3v) is 4.23. The summed E-state index contributed by atoms with van der Waals surface area (Å²) in [6.45, 7) is 6.79. The molecule has 0 heterocycles. The van der Waals surface area contributed by atoms with Crippen molar-refractivity contribution in [1.82, 2.24) is 0 Å². The summed E-state index contributed by atoms with van der Waals surface area (Å²) < 4.78 is 0. The maximum atomic E-state index is 6.07. The second kappa shape index (κ2) is 5.64. The largest absolute Gasteiger partial charge is 0.397 e. The molecule has 3 N–H and O–H groups in total. The Labute approximate surface area is 111 Å². The van der Waals surface area contributed by atoms with Gasteiger partial charge in [-0.15, -0.1) is 0 Å². The van der Waals surface area contributed by atoms with Gasteiger partial charge in [0, 0.05) is 6.04 Å². The molecule has 0 aromatic heterocycles. The number of anilines is 2. The highest BCUT2D eigenvalue weighted by Gasteiger charge is 2.27. The van der Waals surface area contributed by atoms with Gasteiger partial charge in [-0.3, -0.25) is 0 Å². The molecule has 0 amide bonds. The Kier molecular flexibility index (Phi) is 4.15. The highest BCUT2D eigenvalue weighted by atomic mass is 14.9. The number of hydrogen-bond acceptors (Lipinski definition) is 2. The first-order valence-corrected chi connectivity index (χ1v) is 7.20. The van der Waals surface area contributed by atoms with Gasteiger partial charge in [-0.05, 0) is 49.3 Å². The van der Waals surface area contributed by atoms with Crippen LogP contribution in [0.4, 0.5) is 11.4 Å². The molecule has 1 aliphatic rings. The van der Waals surface area contributed by atoms with Crippen LogP contribution >= 0.6 is 0 Å². The van der Waals surface area contributed by atoms with E-state index >= 15 is 0 Å². The molecule has 1 aromatic carbocycles. The van der Waals surface area contributed by atoms with E-state index in [9.17, 15) is 0 Å². The summed E-state index contributed by atoms with van der Waals surface area (Å²) >= 11 is 0. The van der Waals surface area contributed by atoms with Crippen molar-refractivity contribution in [3.05, 3.63) is 23.8 Å². The summed E-state index contributed by atoms with van der Waals surface area (Å²) in [5.74, 6) is 1.52. The molecule has 18 heavy (non-hydrogen) atoms. The van der Waals surface area contributed by atoms with E-state index in [1.54, 1.807) is 0 Å². The smallest absolute Gasteiger partial charge is 0.0578 e. The van der Waals surface area contributed by atoms with Crippen molar-refractivity contribution in [3.8, 4) is 0 Å². The summed E-state index contributed by atoms with van der Waals surface area (Å²) in [5, 5.41) is 3.70. The number of nitrogens with two attached hydrogens (primary N) is 1. The fourth-order valence-electron chi connectivity index (χ4n) is 3.13. The molecular weight excluding hydrogens is 220 g/mol. The van der Waals surface area contributed by atoms with E-state index in [2.05, 4.69) is 38.2 Å². The summed E-state index contributed by atoms with van der Waals surface area (Å²) in [4.78, 5) is 0. The zero-order valence-corrected chi connectivity index (χ0v) is 11.9. The van der Waals surface area contributed by atoms with E-state index in [0.717, 1.165) is 23.2 Å². The van der Waals surface area contributed by atoms with E-state index in [-0.39, 0.29) is 0 Å². The van der Waals surface area contributed by atoms with Gasteiger partial charge in [0.2, 0.25) is 0 Å². The van der Waals surface area contributed by atoms with Gasteiger partial charge in [-0.1, -0.05) is 32.8 Å². The molecule has 1 aliphatic carbocycles. The Hall–Kier alpha value is -1.18. The molecule has 2 rings (SSSR count). The van der Waals surface area contributed by atoms with E-state index in [1.807, 2.05) is 6.07 Å². The van der Waals surface area contributed by atoms with Crippen LogP contribution in [0.1, 0.15) is 45.1 Å². The average molecular weight is 246 g/mol. The van der Waals surface area contributed by atoms with Crippen LogP contribution in [-0.2, 0) is 0 Å². The lowest BCUT2D eigenvalue weighted by Crippen LogP contribution is -2.35. The lowest BCUT2D eigenvalue weighted by molar-refractivity contribution is 0.254. The van der Waals surface area contributed by atoms with Crippen LogP contribution in [-0.4, -0.2) is 6.04 Å². The predicted octanol–water partition coefficient (Wildman–Crippen LogP) is 4.20. The second-order valence-corrected chi connectivity index (χ2v) is 6.03. The van der Waals surface area contributed by atoms with E-state index < -0.39 is 0 Å². The third-order valence-electron chi connectivity index (χ3n) is 4.23. The average Bonchev–Trinajstić information content (AvgIpc) is 2.34. The molecule has 1 fully saturated rings. The van der Waals surface area contributed by atoms with Crippen molar-refractivity contribution in [2.45, 2.75) is 52.5 Å². The number of hydrogen-bond donors (Lipinski definition) is 2. The fraction of sp³-hybridized carbons (Fsp3) is 0.625. The molecule has 2 unspecified atom stereocenters. The minimum Gasteiger partial charge on any atom is -0.397 e. The Balaban J connectivity index is 2.13. The van der Waals surface area contributed by atoms with E-state index in [1.165, 1.54) is 31.2 Å². The Morgan fingerprint density at radius 2 is 1.94 bits per heavy atom. The molecule has 1 saturated carbocycles. The zero-order chi connectivity index (χ0) is 13.1. The lowest BCUT2D eigenvalue weighted by Gasteiger charge is -2.36. The Bertz CT molecular complexity index is 398. The molecule has 0 aliphatic heterocycles. The van der Waals surface area contributed by atoms with Crippen molar-refractivity contribution >= 4 is 11.4 Å². The van der Waals surface area contributed by atoms with Gasteiger partial charge < -0.3 is 11.1 Å². The van der Waals surface area contributed by atoms with E-state index in [0.29, 0.717) is 6.04 Å². The lowest BCUT2D eigenvalue weighted by atomic mass is 9.77. The molecule has 2 atom stereocenters. The number of aryl methyl sites for hydroxylation is 1. The van der Waals surface area contributed by atoms with Crippen molar-refractivity contribution in [3.63, 3.8) is 0 Å². The summed E-state index contributed by atoms with van der Waals surface area (Å²) in [6, 6.07) is 6.83. The van der Waals surface area contributed by atoms with Gasteiger partial charge in [0.25, 0.3) is 0 Å². The molecule has 0 bridgehead atoms. The molecule has 0 radical (unpaired) electrons. The minimum absolute atomic E-state index is 0.586. The van der Waals surface area contributed by atoms with Gasteiger partial charge in [0.05, 0.1) is 11.4 Å². The highest BCUT2D eigenvalue weighted by molar-refractivity contribution is 5.67. The maximum Gasteiger partial charge on any atom is 0.0578 e.